The second-order valence-corrected chi connectivity index (χ2v) is 5.76. The van der Waals surface area contributed by atoms with Crippen molar-refractivity contribution in [2.75, 3.05) is 19.7 Å². The summed E-state index contributed by atoms with van der Waals surface area (Å²) in [7, 11) is 0. The summed E-state index contributed by atoms with van der Waals surface area (Å²) in [5.74, 6) is 1.57. The van der Waals surface area contributed by atoms with Crippen molar-refractivity contribution in [1.29, 1.82) is 0 Å². The van der Waals surface area contributed by atoms with Crippen molar-refractivity contribution in [3.8, 4) is 0 Å². The first-order valence-electron chi connectivity index (χ1n) is 6.30. The Morgan fingerprint density at radius 1 is 1.41 bits per heavy atom. The first-order valence-corrected chi connectivity index (χ1v) is 6.30. The van der Waals surface area contributed by atoms with E-state index >= 15 is 0 Å². The lowest BCUT2D eigenvalue weighted by atomic mass is 9.94. The summed E-state index contributed by atoms with van der Waals surface area (Å²) in [6.45, 7) is 12.2. The van der Waals surface area contributed by atoms with Crippen LogP contribution in [0.5, 0.6) is 0 Å². The van der Waals surface area contributed by atoms with E-state index in [0.29, 0.717) is 12.5 Å². The van der Waals surface area contributed by atoms with Crippen LogP contribution in [0.1, 0.15) is 33.5 Å². The zero-order valence-corrected chi connectivity index (χ0v) is 11.5. The van der Waals surface area contributed by atoms with E-state index in [2.05, 4.69) is 33.0 Å². The number of nitrogens with one attached hydrogen (secondary N) is 1. The van der Waals surface area contributed by atoms with Crippen LogP contribution >= 0.6 is 0 Å². The molecule has 98 valence electrons. The van der Waals surface area contributed by atoms with Crippen LogP contribution in [0.25, 0.3) is 0 Å². The van der Waals surface area contributed by atoms with Crippen LogP contribution in [0, 0.1) is 11.3 Å². The molecule has 1 aromatic rings. The van der Waals surface area contributed by atoms with Crippen molar-refractivity contribution in [2.45, 2.75) is 34.3 Å². The van der Waals surface area contributed by atoms with Crippen LogP contribution in [0.15, 0.2) is 22.8 Å². The Morgan fingerprint density at radius 2 is 2.18 bits per heavy atom. The van der Waals surface area contributed by atoms with Gasteiger partial charge in [0.2, 0.25) is 0 Å². The summed E-state index contributed by atoms with van der Waals surface area (Å²) in [6, 6.07) is 3.82. The maximum absolute atomic E-state index is 5.67. The van der Waals surface area contributed by atoms with Gasteiger partial charge < -0.3 is 14.5 Å². The molecule has 0 aliphatic heterocycles. The first kappa shape index (κ1) is 14.3. The van der Waals surface area contributed by atoms with Gasteiger partial charge in [-0.05, 0) is 24.6 Å². The summed E-state index contributed by atoms with van der Waals surface area (Å²) in [4.78, 5) is 0. The molecule has 1 aromatic heterocycles. The van der Waals surface area contributed by atoms with Gasteiger partial charge in [0.05, 0.1) is 12.9 Å². The highest BCUT2D eigenvalue weighted by molar-refractivity contribution is 4.96. The van der Waals surface area contributed by atoms with Gasteiger partial charge in [-0.3, -0.25) is 0 Å². The molecule has 3 nitrogen and oxygen atoms in total. The van der Waals surface area contributed by atoms with Crippen LogP contribution in [0.3, 0.4) is 0 Å². The highest BCUT2D eigenvalue weighted by atomic mass is 16.5. The normalized spacial score (nSPS) is 12.3. The summed E-state index contributed by atoms with van der Waals surface area (Å²) < 4.78 is 10.9. The van der Waals surface area contributed by atoms with E-state index < -0.39 is 0 Å². The van der Waals surface area contributed by atoms with Gasteiger partial charge in [-0.15, -0.1) is 0 Å². The standard InChI is InChI=1S/C14H25NO2/c1-12(2)8-15-10-14(3,4)11-16-9-13-6-5-7-17-13/h5-7,12,15H,8-11H2,1-4H3. The fourth-order valence-electron chi connectivity index (χ4n) is 1.57. The van der Waals surface area contributed by atoms with Crippen LogP contribution in [-0.2, 0) is 11.3 Å². The van der Waals surface area contributed by atoms with Crippen LogP contribution < -0.4 is 5.32 Å². The largest absolute Gasteiger partial charge is 0.467 e. The average molecular weight is 239 g/mol. The molecule has 0 radical (unpaired) electrons. The van der Waals surface area contributed by atoms with Crippen molar-refractivity contribution in [3.63, 3.8) is 0 Å². The van der Waals surface area contributed by atoms with Crippen LogP contribution in [0.2, 0.25) is 0 Å². The first-order chi connectivity index (χ1) is 7.99. The zero-order chi connectivity index (χ0) is 12.7. The Balaban J connectivity index is 2.15. The van der Waals surface area contributed by atoms with E-state index in [-0.39, 0.29) is 5.41 Å². The number of ether oxygens (including phenoxy) is 1. The molecule has 3 heteroatoms. The summed E-state index contributed by atoms with van der Waals surface area (Å²) in [6.07, 6.45) is 1.67. The van der Waals surface area contributed by atoms with Gasteiger partial charge in [0.15, 0.2) is 0 Å². The fourth-order valence-corrected chi connectivity index (χ4v) is 1.57. The lowest BCUT2D eigenvalue weighted by molar-refractivity contribution is 0.0423. The topological polar surface area (TPSA) is 34.4 Å². The third kappa shape index (κ3) is 6.49. The molecular weight excluding hydrogens is 214 g/mol. The quantitative estimate of drug-likeness (QED) is 0.757. The van der Waals surface area contributed by atoms with Crippen molar-refractivity contribution in [3.05, 3.63) is 24.2 Å². The molecule has 0 aliphatic rings. The molecular formula is C14H25NO2. The predicted molar refractivity (Wildman–Crippen MR) is 69.9 cm³/mol. The molecule has 1 rings (SSSR count). The van der Waals surface area contributed by atoms with E-state index in [1.165, 1.54) is 0 Å². The average Bonchev–Trinajstić information content (AvgIpc) is 2.69. The van der Waals surface area contributed by atoms with Crippen LogP contribution in [-0.4, -0.2) is 19.7 Å². The predicted octanol–water partition coefficient (Wildman–Crippen LogP) is 3.07. The highest BCUT2D eigenvalue weighted by Gasteiger charge is 2.18. The van der Waals surface area contributed by atoms with Crippen LogP contribution in [0.4, 0.5) is 0 Å². The lowest BCUT2D eigenvalue weighted by Crippen LogP contribution is -2.34. The maximum atomic E-state index is 5.67. The Hall–Kier alpha value is -0.800. The molecule has 1 N–H and O–H groups in total. The summed E-state index contributed by atoms with van der Waals surface area (Å²) in [5.41, 5.74) is 0.154. The molecule has 0 unspecified atom stereocenters. The van der Waals surface area contributed by atoms with E-state index in [4.69, 9.17) is 9.15 Å². The molecule has 0 spiro atoms. The molecule has 0 saturated carbocycles. The van der Waals surface area contributed by atoms with Gasteiger partial charge in [0.25, 0.3) is 0 Å². The van der Waals surface area contributed by atoms with Gasteiger partial charge in [-0.25, -0.2) is 0 Å². The van der Waals surface area contributed by atoms with Crippen molar-refractivity contribution in [2.24, 2.45) is 11.3 Å². The Labute approximate surface area is 105 Å². The van der Waals surface area contributed by atoms with E-state index in [0.717, 1.165) is 25.5 Å². The Kier molecular flexibility index (Phi) is 5.72. The summed E-state index contributed by atoms with van der Waals surface area (Å²) >= 11 is 0. The van der Waals surface area contributed by atoms with Gasteiger partial charge in [-0.1, -0.05) is 27.7 Å². The number of hydrogen-bond acceptors (Lipinski definition) is 3. The van der Waals surface area contributed by atoms with Gasteiger partial charge in [-0.2, -0.15) is 0 Å². The molecule has 0 aliphatic carbocycles. The minimum Gasteiger partial charge on any atom is -0.467 e. The SMILES string of the molecule is CC(C)CNCC(C)(C)COCc1ccco1. The van der Waals surface area contributed by atoms with Crippen molar-refractivity contribution < 1.29 is 9.15 Å². The third-order valence-electron chi connectivity index (χ3n) is 2.47. The van der Waals surface area contributed by atoms with Crippen molar-refractivity contribution >= 4 is 0 Å². The molecule has 0 atom stereocenters. The molecule has 0 saturated heterocycles. The van der Waals surface area contributed by atoms with E-state index in [1.54, 1.807) is 6.26 Å². The maximum Gasteiger partial charge on any atom is 0.129 e. The van der Waals surface area contributed by atoms with Crippen molar-refractivity contribution in [1.82, 2.24) is 5.32 Å². The lowest BCUT2D eigenvalue weighted by Gasteiger charge is -2.25. The second kappa shape index (κ2) is 6.82. The highest BCUT2D eigenvalue weighted by Crippen LogP contribution is 2.15. The monoisotopic (exact) mass is 239 g/mol. The molecule has 0 bridgehead atoms. The number of furan rings is 1. The van der Waals surface area contributed by atoms with E-state index in [9.17, 15) is 0 Å². The molecule has 17 heavy (non-hydrogen) atoms. The minimum absolute atomic E-state index is 0.154. The fraction of sp³-hybridized carbons (Fsp3) is 0.714. The number of rotatable bonds is 8. The summed E-state index contributed by atoms with van der Waals surface area (Å²) in [5, 5.41) is 3.47. The zero-order valence-electron chi connectivity index (χ0n) is 11.5. The Morgan fingerprint density at radius 3 is 2.76 bits per heavy atom. The Bertz CT molecular complexity index is 291. The van der Waals surface area contributed by atoms with Gasteiger partial charge in [0.1, 0.15) is 12.4 Å². The van der Waals surface area contributed by atoms with E-state index in [1.807, 2.05) is 12.1 Å². The second-order valence-electron chi connectivity index (χ2n) is 5.76. The molecule has 1 heterocycles. The third-order valence-corrected chi connectivity index (χ3v) is 2.47. The van der Waals surface area contributed by atoms with Gasteiger partial charge in [0, 0.05) is 12.0 Å². The number of hydrogen-bond donors (Lipinski definition) is 1. The molecule has 0 fully saturated rings. The minimum atomic E-state index is 0.154. The molecule has 0 amide bonds. The molecule has 0 aromatic carbocycles. The smallest absolute Gasteiger partial charge is 0.129 e. The van der Waals surface area contributed by atoms with Gasteiger partial charge >= 0.3 is 0 Å².